The molecule has 0 heterocycles. The Bertz CT molecular complexity index is 325. The van der Waals surface area contributed by atoms with Gasteiger partial charge in [0.25, 0.3) is 0 Å². The van der Waals surface area contributed by atoms with Crippen LogP contribution in [-0.2, 0) is 6.42 Å². The van der Waals surface area contributed by atoms with E-state index >= 15 is 0 Å². The van der Waals surface area contributed by atoms with Crippen molar-refractivity contribution in [1.82, 2.24) is 0 Å². The average molecular weight is 243 g/mol. The number of benzene rings is 1. The minimum absolute atomic E-state index is 0.136. The highest BCUT2D eigenvalue weighted by atomic mass is 79.9. The third-order valence-corrected chi connectivity index (χ3v) is 2.12. The lowest BCUT2D eigenvalue weighted by molar-refractivity contribution is 0.411. The minimum Gasteiger partial charge on any atom is -0.496 e. The summed E-state index contributed by atoms with van der Waals surface area (Å²) < 4.78 is 6.09. The van der Waals surface area contributed by atoms with Crippen molar-refractivity contribution >= 4 is 21.8 Å². The van der Waals surface area contributed by atoms with Crippen LogP contribution >= 0.6 is 15.9 Å². The summed E-state index contributed by atoms with van der Waals surface area (Å²) in [4.78, 5) is 0. The third-order valence-electron chi connectivity index (χ3n) is 1.62. The number of methoxy groups -OCH3 is 1. The summed E-state index contributed by atoms with van der Waals surface area (Å²) in [6, 6.07) is 5.64. The molecule has 4 heteroatoms. The Morgan fingerprint density at radius 3 is 2.85 bits per heavy atom. The molecule has 3 N–H and O–H groups in total. The van der Waals surface area contributed by atoms with Crippen molar-refractivity contribution in [2.45, 2.75) is 6.42 Å². The molecule has 0 unspecified atom stereocenters. The van der Waals surface area contributed by atoms with Crippen LogP contribution in [0.3, 0.4) is 0 Å². The normalized spacial score (nSPS) is 9.69. The molecule has 0 saturated heterocycles. The molecule has 0 fully saturated rings. The van der Waals surface area contributed by atoms with Gasteiger partial charge in [0, 0.05) is 16.5 Å². The van der Waals surface area contributed by atoms with Gasteiger partial charge in [-0.2, -0.15) is 0 Å². The number of amidine groups is 1. The van der Waals surface area contributed by atoms with Crippen LogP contribution < -0.4 is 10.5 Å². The molecule has 0 saturated carbocycles. The number of nitrogens with two attached hydrogens (primary N) is 1. The third kappa shape index (κ3) is 2.73. The van der Waals surface area contributed by atoms with Gasteiger partial charge in [-0.1, -0.05) is 15.9 Å². The van der Waals surface area contributed by atoms with E-state index < -0.39 is 0 Å². The van der Waals surface area contributed by atoms with Crippen molar-refractivity contribution < 1.29 is 4.74 Å². The zero-order valence-corrected chi connectivity index (χ0v) is 8.89. The van der Waals surface area contributed by atoms with E-state index in [4.69, 9.17) is 15.9 Å². The first-order chi connectivity index (χ1) is 6.13. The van der Waals surface area contributed by atoms with Gasteiger partial charge in [0.05, 0.1) is 12.9 Å². The number of ether oxygens (including phenoxy) is 1. The molecule has 0 aliphatic carbocycles. The molecule has 1 rings (SSSR count). The molecule has 0 amide bonds. The molecule has 0 aromatic heterocycles. The van der Waals surface area contributed by atoms with Crippen LogP contribution in [0.2, 0.25) is 0 Å². The first kappa shape index (κ1) is 10.1. The van der Waals surface area contributed by atoms with Crippen molar-refractivity contribution in [1.29, 1.82) is 5.41 Å². The van der Waals surface area contributed by atoms with E-state index in [1.165, 1.54) is 0 Å². The lowest BCUT2D eigenvalue weighted by atomic mass is 10.1. The Labute approximate surface area is 85.5 Å². The maximum absolute atomic E-state index is 7.18. The van der Waals surface area contributed by atoms with Gasteiger partial charge in [-0.3, -0.25) is 5.41 Å². The van der Waals surface area contributed by atoms with Gasteiger partial charge in [-0.15, -0.1) is 0 Å². The number of halogens is 1. The predicted octanol–water partition coefficient (Wildman–Crippen LogP) is 1.94. The van der Waals surface area contributed by atoms with Crippen LogP contribution in [0.25, 0.3) is 0 Å². The van der Waals surface area contributed by atoms with E-state index in [9.17, 15) is 0 Å². The van der Waals surface area contributed by atoms with Gasteiger partial charge < -0.3 is 10.5 Å². The number of rotatable bonds is 3. The summed E-state index contributed by atoms with van der Waals surface area (Å²) in [5.74, 6) is 0.898. The van der Waals surface area contributed by atoms with Gasteiger partial charge in [-0.05, 0) is 18.2 Å². The Balaban J connectivity index is 3.01. The Hall–Kier alpha value is -1.03. The first-order valence-corrected chi connectivity index (χ1v) is 4.58. The van der Waals surface area contributed by atoms with Gasteiger partial charge in [0.15, 0.2) is 0 Å². The zero-order chi connectivity index (χ0) is 9.84. The quantitative estimate of drug-likeness (QED) is 0.629. The smallest absolute Gasteiger partial charge is 0.122 e. The van der Waals surface area contributed by atoms with Gasteiger partial charge in [0.2, 0.25) is 0 Å². The highest BCUT2D eigenvalue weighted by Gasteiger charge is 2.04. The fraction of sp³-hybridized carbons (Fsp3) is 0.222. The fourth-order valence-electron chi connectivity index (χ4n) is 1.09. The lowest BCUT2D eigenvalue weighted by Crippen LogP contribution is -2.13. The molecule has 0 atom stereocenters. The van der Waals surface area contributed by atoms with Gasteiger partial charge in [-0.25, -0.2) is 0 Å². The molecule has 0 aliphatic rings. The van der Waals surface area contributed by atoms with Crippen molar-refractivity contribution in [3.05, 3.63) is 28.2 Å². The number of hydrogen-bond acceptors (Lipinski definition) is 2. The molecule has 0 spiro atoms. The summed E-state index contributed by atoms with van der Waals surface area (Å²) in [5, 5.41) is 7.18. The van der Waals surface area contributed by atoms with E-state index in [1.807, 2.05) is 18.2 Å². The predicted molar refractivity (Wildman–Crippen MR) is 56.3 cm³/mol. The summed E-state index contributed by atoms with van der Waals surface area (Å²) in [5.41, 5.74) is 6.23. The Morgan fingerprint density at radius 1 is 1.62 bits per heavy atom. The molecule has 1 aromatic rings. The summed E-state index contributed by atoms with van der Waals surface area (Å²) in [7, 11) is 1.60. The number of nitrogens with one attached hydrogen (secondary N) is 1. The molecular weight excluding hydrogens is 232 g/mol. The van der Waals surface area contributed by atoms with E-state index in [2.05, 4.69) is 15.9 Å². The zero-order valence-electron chi connectivity index (χ0n) is 7.30. The van der Waals surface area contributed by atoms with E-state index in [1.54, 1.807) is 7.11 Å². The highest BCUT2D eigenvalue weighted by Crippen LogP contribution is 2.23. The van der Waals surface area contributed by atoms with Crippen molar-refractivity contribution in [2.24, 2.45) is 5.73 Å². The van der Waals surface area contributed by atoms with E-state index in [-0.39, 0.29) is 5.84 Å². The van der Waals surface area contributed by atoms with Gasteiger partial charge in [0.1, 0.15) is 5.75 Å². The monoisotopic (exact) mass is 242 g/mol. The summed E-state index contributed by atoms with van der Waals surface area (Å²) >= 11 is 3.35. The van der Waals surface area contributed by atoms with Crippen molar-refractivity contribution in [3.63, 3.8) is 0 Å². The highest BCUT2D eigenvalue weighted by molar-refractivity contribution is 9.10. The molecule has 0 radical (unpaired) electrons. The minimum atomic E-state index is 0.136. The van der Waals surface area contributed by atoms with Crippen molar-refractivity contribution in [3.8, 4) is 5.75 Å². The van der Waals surface area contributed by atoms with Crippen LogP contribution in [-0.4, -0.2) is 12.9 Å². The first-order valence-electron chi connectivity index (χ1n) is 3.79. The molecule has 0 bridgehead atoms. The SMILES string of the molecule is COc1ccc(Br)cc1CC(=N)N. The van der Waals surface area contributed by atoms with E-state index in [0.29, 0.717) is 6.42 Å². The molecule has 13 heavy (non-hydrogen) atoms. The molecule has 1 aromatic carbocycles. The van der Waals surface area contributed by atoms with Crippen LogP contribution in [0.4, 0.5) is 0 Å². The lowest BCUT2D eigenvalue weighted by Gasteiger charge is -2.07. The molecular formula is C9H11BrN2O. The Kier molecular flexibility index (Phi) is 3.31. The Morgan fingerprint density at radius 2 is 2.31 bits per heavy atom. The van der Waals surface area contributed by atoms with Crippen LogP contribution in [0, 0.1) is 5.41 Å². The molecule has 0 aliphatic heterocycles. The second-order valence-corrected chi connectivity index (χ2v) is 3.57. The maximum Gasteiger partial charge on any atom is 0.122 e. The van der Waals surface area contributed by atoms with Crippen LogP contribution in [0.5, 0.6) is 5.75 Å². The van der Waals surface area contributed by atoms with E-state index in [0.717, 1.165) is 15.8 Å². The van der Waals surface area contributed by atoms with Crippen LogP contribution in [0.15, 0.2) is 22.7 Å². The summed E-state index contributed by atoms with van der Waals surface area (Å²) in [6.07, 6.45) is 0.419. The number of hydrogen-bond donors (Lipinski definition) is 2. The maximum atomic E-state index is 7.18. The second kappa shape index (κ2) is 4.28. The average Bonchev–Trinajstić information content (AvgIpc) is 2.03. The molecule has 70 valence electrons. The summed E-state index contributed by atoms with van der Waals surface area (Å²) in [6.45, 7) is 0. The fourth-order valence-corrected chi connectivity index (χ4v) is 1.50. The second-order valence-electron chi connectivity index (χ2n) is 2.66. The van der Waals surface area contributed by atoms with Crippen LogP contribution in [0.1, 0.15) is 5.56 Å². The standard InChI is InChI=1S/C9H11BrN2O/c1-13-8-3-2-7(10)4-6(8)5-9(11)12/h2-4H,5H2,1H3,(H3,11,12). The largest absolute Gasteiger partial charge is 0.496 e. The van der Waals surface area contributed by atoms with Gasteiger partial charge >= 0.3 is 0 Å². The topological polar surface area (TPSA) is 59.1 Å². The van der Waals surface area contributed by atoms with Crippen molar-refractivity contribution in [2.75, 3.05) is 7.11 Å². The molecule has 3 nitrogen and oxygen atoms in total.